The van der Waals surface area contributed by atoms with Crippen LogP contribution in [0.2, 0.25) is 0 Å². The van der Waals surface area contributed by atoms with E-state index in [2.05, 4.69) is 29.5 Å². The number of benzene rings is 1. The lowest BCUT2D eigenvalue weighted by atomic mass is 10.0. The van der Waals surface area contributed by atoms with Crippen LogP contribution in [0.1, 0.15) is 37.3 Å². The van der Waals surface area contributed by atoms with E-state index in [0.29, 0.717) is 12.3 Å². The van der Waals surface area contributed by atoms with Gasteiger partial charge >= 0.3 is 0 Å². The Morgan fingerprint density at radius 2 is 2.00 bits per heavy atom. The third kappa shape index (κ3) is 4.47. The van der Waals surface area contributed by atoms with Crippen LogP contribution in [-0.4, -0.2) is 5.11 Å². The maximum absolute atomic E-state index is 9.71. The molecule has 2 nitrogen and oxygen atoms in total. The molecule has 0 atom stereocenters. The van der Waals surface area contributed by atoms with Crippen molar-refractivity contribution in [2.45, 2.75) is 39.2 Å². The number of unbranched alkanes of at least 4 members (excludes halogenated alkanes) is 2. The average Bonchev–Trinajstić information content (AvgIpc) is 2.23. The molecule has 1 aromatic rings. The van der Waals surface area contributed by atoms with E-state index >= 15 is 0 Å². The Balaban J connectivity index is 0.00000225. The predicted octanol–water partition coefficient (Wildman–Crippen LogP) is 3.61. The van der Waals surface area contributed by atoms with Crippen molar-refractivity contribution in [3.63, 3.8) is 0 Å². The van der Waals surface area contributed by atoms with Gasteiger partial charge in [0.2, 0.25) is 0 Å². The van der Waals surface area contributed by atoms with E-state index in [1.807, 2.05) is 12.1 Å². The standard InChI is InChI=1S/C12H18INO.ClH/c1-2-3-4-5-9-6-10(8-14)12(15)11(13)7-9;/h6-7,15H,2-5,8,14H2,1H3;1H. The monoisotopic (exact) mass is 355 g/mol. The Labute approximate surface area is 117 Å². The van der Waals surface area contributed by atoms with E-state index < -0.39 is 0 Å². The third-order valence-electron chi connectivity index (χ3n) is 2.49. The maximum atomic E-state index is 9.71. The summed E-state index contributed by atoms with van der Waals surface area (Å²) in [6.45, 7) is 2.61. The molecular formula is C12H19ClINO. The second-order valence-corrected chi connectivity index (χ2v) is 4.91. The van der Waals surface area contributed by atoms with Crippen LogP contribution in [0.3, 0.4) is 0 Å². The van der Waals surface area contributed by atoms with Gasteiger partial charge in [-0.25, -0.2) is 0 Å². The topological polar surface area (TPSA) is 46.2 Å². The highest BCUT2D eigenvalue weighted by Crippen LogP contribution is 2.26. The van der Waals surface area contributed by atoms with Gasteiger partial charge < -0.3 is 10.8 Å². The summed E-state index contributed by atoms with van der Waals surface area (Å²) in [5.74, 6) is 0.345. The molecule has 0 aliphatic rings. The fraction of sp³-hybridized carbons (Fsp3) is 0.500. The molecule has 0 aromatic heterocycles. The summed E-state index contributed by atoms with van der Waals surface area (Å²) in [6.07, 6.45) is 4.78. The molecule has 3 N–H and O–H groups in total. The van der Waals surface area contributed by atoms with Gasteiger partial charge in [0.05, 0.1) is 3.57 Å². The van der Waals surface area contributed by atoms with Gasteiger partial charge in [0.25, 0.3) is 0 Å². The normalized spacial score (nSPS) is 9.94. The molecule has 0 saturated carbocycles. The molecule has 0 spiro atoms. The van der Waals surface area contributed by atoms with Gasteiger partial charge in [0, 0.05) is 12.1 Å². The van der Waals surface area contributed by atoms with Crippen molar-refractivity contribution in [1.82, 2.24) is 0 Å². The van der Waals surface area contributed by atoms with E-state index in [1.54, 1.807) is 0 Å². The molecule has 1 aromatic carbocycles. The molecule has 0 saturated heterocycles. The quantitative estimate of drug-likeness (QED) is 0.626. The molecule has 0 amide bonds. The van der Waals surface area contributed by atoms with Crippen LogP contribution in [0.25, 0.3) is 0 Å². The Bertz CT molecular complexity index is 331. The molecule has 0 aliphatic heterocycles. The van der Waals surface area contributed by atoms with Gasteiger partial charge in [-0.2, -0.15) is 0 Å². The summed E-state index contributed by atoms with van der Waals surface area (Å²) in [6, 6.07) is 4.07. The molecule has 0 aliphatic carbocycles. The van der Waals surface area contributed by atoms with Gasteiger partial charge in [-0.05, 0) is 47.1 Å². The van der Waals surface area contributed by atoms with Crippen LogP contribution in [0, 0.1) is 3.57 Å². The van der Waals surface area contributed by atoms with Gasteiger partial charge in [0.15, 0.2) is 0 Å². The van der Waals surface area contributed by atoms with Crippen molar-refractivity contribution in [1.29, 1.82) is 0 Å². The molecule has 92 valence electrons. The minimum atomic E-state index is 0. The number of rotatable bonds is 5. The first-order valence-corrected chi connectivity index (χ1v) is 6.47. The first kappa shape index (κ1) is 16.0. The first-order valence-electron chi connectivity index (χ1n) is 5.39. The highest BCUT2D eigenvalue weighted by Gasteiger charge is 2.06. The zero-order valence-electron chi connectivity index (χ0n) is 9.50. The molecule has 0 heterocycles. The predicted molar refractivity (Wildman–Crippen MR) is 79.2 cm³/mol. The Hall–Kier alpha value is -0.0000000000000000555. The fourth-order valence-corrected chi connectivity index (χ4v) is 2.34. The lowest BCUT2D eigenvalue weighted by molar-refractivity contribution is 0.464. The van der Waals surface area contributed by atoms with Crippen molar-refractivity contribution in [3.8, 4) is 5.75 Å². The molecule has 0 unspecified atom stereocenters. The van der Waals surface area contributed by atoms with E-state index in [4.69, 9.17) is 5.73 Å². The Morgan fingerprint density at radius 3 is 2.56 bits per heavy atom. The van der Waals surface area contributed by atoms with Crippen LogP contribution in [0.15, 0.2) is 12.1 Å². The fourth-order valence-electron chi connectivity index (χ4n) is 1.60. The minimum absolute atomic E-state index is 0. The largest absolute Gasteiger partial charge is 0.507 e. The van der Waals surface area contributed by atoms with E-state index in [1.165, 1.54) is 24.8 Å². The highest BCUT2D eigenvalue weighted by atomic mass is 127. The smallest absolute Gasteiger partial charge is 0.133 e. The van der Waals surface area contributed by atoms with Gasteiger partial charge in [-0.15, -0.1) is 12.4 Å². The minimum Gasteiger partial charge on any atom is -0.507 e. The molecular weight excluding hydrogens is 336 g/mol. The summed E-state index contributed by atoms with van der Waals surface area (Å²) in [7, 11) is 0. The number of phenolic OH excluding ortho intramolecular Hbond substituents is 1. The summed E-state index contributed by atoms with van der Waals surface area (Å²) in [4.78, 5) is 0. The second kappa shape index (κ2) is 8.14. The number of hydrogen-bond acceptors (Lipinski definition) is 2. The SMILES string of the molecule is CCCCCc1cc(I)c(O)c(CN)c1.Cl. The summed E-state index contributed by atoms with van der Waals surface area (Å²) in [5, 5.41) is 9.71. The van der Waals surface area contributed by atoms with E-state index in [-0.39, 0.29) is 12.4 Å². The van der Waals surface area contributed by atoms with Gasteiger partial charge in [-0.1, -0.05) is 25.8 Å². The summed E-state index contributed by atoms with van der Waals surface area (Å²) < 4.78 is 0.905. The Morgan fingerprint density at radius 1 is 1.31 bits per heavy atom. The molecule has 4 heteroatoms. The zero-order chi connectivity index (χ0) is 11.3. The maximum Gasteiger partial charge on any atom is 0.133 e. The van der Waals surface area contributed by atoms with Crippen molar-refractivity contribution >= 4 is 35.0 Å². The highest BCUT2D eigenvalue weighted by molar-refractivity contribution is 14.1. The summed E-state index contributed by atoms with van der Waals surface area (Å²) in [5.41, 5.74) is 7.72. The van der Waals surface area contributed by atoms with Gasteiger partial charge in [-0.3, -0.25) is 0 Å². The number of phenols is 1. The number of halogens is 2. The number of hydrogen-bond donors (Lipinski definition) is 2. The van der Waals surface area contributed by atoms with Crippen LogP contribution in [0.5, 0.6) is 5.75 Å². The third-order valence-corrected chi connectivity index (χ3v) is 3.31. The first-order chi connectivity index (χ1) is 7.19. The zero-order valence-corrected chi connectivity index (χ0v) is 12.5. The van der Waals surface area contributed by atoms with Crippen LogP contribution < -0.4 is 5.73 Å². The molecule has 16 heavy (non-hydrogen) atoms. The van der Waals surface area contributed by atoms with Crippen molar-refractivity contribution in [3.05, 3.63) is 26.8 Å². The van der Waals surface area contributed by atoms with Crippen LogP contribution >= 0.6 is 35.0 Å². The molecule has 1 rings (SSSR count). The van der Waals surface area contributed by atoms with Crippen LogP contribution in [-0.2, 0) is 13.0 Å². The van der Waals surface area contributed by atoms with Crippen molar-refractivity contribution < 1.29 is 5.11 Å². The Kier molecular flexibility index (Phi) is 8.14. The molecule has 0 fully saturated rings. The lowest BCUT2D eigenvalue weighted by Crippen LogP contribution is -1.99. The van der Waals surface area contributed by atoms with E-state index in [0.717, 1.165) is 15.6 Å². The second-order valence-electron chi connectivity index (χ2n) is 3.75. The van der Waals surface area contributed by atoms with Crippen molar-refractivity contribution in [2.75, 3.05) is 0 Å². The number of nitrogens with two attached hydrogens (primary N) is 1. The molecule has 0 radical (unpaired) electrons. The average molecular weight is 356 g/mol. The van der Waals surface area contributed by atoms with Gasteiger partial charge in [0.1, 0.15) is 5.75 Å². The van der Waals surface area contributed by atoms with Crippen LogP contribution in [0.4, 0.5) is 0 Å². The summed E-state index contributed by atoms with van der Waals surface area (Å²) >= 11 is 2.15. The number of aromatic hydroxyl groups is 1. The van der Waals surface area contributed by atoms with Crippen molar-refractivity contribution in [2.24, 2.45) is 5.73 Å². The number of aryl methyl sites for hydroxylation is 1. The lowest BCUT2D eigenvalue weighted by Gasteiger charge is -2.08. The van der Waals surface area contributed by atoms with E-state index in [9.17, 15) is 5.11 Å². The molecule has 0 bridgehead atoms.